The quantitative estimate of drug-likeness (QED) is 0.907. The standard InChI is InChI=1S/C16H15ClFNO4/c1-9-8-23-13(6-14(20)21)15(9)16(22)19(2)7-10-3-4-11(17)12(18)5-10/h3-5,8H,6-7H2,1-2H3,(H,20,21). The molecule has 0 unspecified atom stereocenters. The zero-order valence-corrected chi connectivity index (χ0v) is 13.4. The Morgan fingerprint density at radius 3 is 2.70 bits per heavy atom. The smallest absolute Gasteiger partial charge is 0.311 e. The van der Waals surface area contributed by atoms with Crippen molar-refractivity contribution in [3.63, 3.8) is 0 Å². The molecule has 1 heterocycles. The molecule has 23 heavy (non-hydrogen) atoms. The van der Waals surface area contributed by atoms with E-state index in [0.29, 0.717) is 11.1 Å². The van der Waals surface area contributed by atoms with E-state index in [0.717, 1.165) is 0 Å². The number of hydrogen-bond acceptors (Lipinski definition) is 3. The zero-order valence-electron chi connectivity index (χ0n) is 12.6. The Balaban J connectivity index is 2.21. The van der Waals surface area contributed by atoms with Gasteiger partial charge in [0, 0.05) is 19.2 Å². The molecule has 0 spiro atoms. The van der Waals surface area contributed by atoms with Crippen LogP contribution in [0.3, 0.4) is 0 Å². The van der Waals surface area contributed by atoms with Crippen LogP contribution in [0.25, 0.3) is 0 Å². The van der Waals surface area contributed by atoms with Crippen LogP contribution in [-0.2, 0) is 17.8 Å². The van der Waals surface area contributed by atoms with Crippen LogP contribution in [0, 0.1) is 12.7 Å². The lowest BCUT2D eigenvalue weighted by atomic mass is 10.1. The summed E-state index contributed by atoms with van der Waals surface area (Å²) in [6, 6.07) is 4.30. The van der Waals surface area contributed by atoms with Crippen molar-refractivity contribution in [2.45, 2.75) is 19.9 Å². The molecule has 1 amide bonds. The minimum Gasteiger partial charge on any atom is -0.481 e. The molecule has 2 aromatic rings. The molecule has 0 saturated heterocycles. The van der Waals surface area contributed by atoms with Gasteiger partial charge in [0.05, 0.1) is 16.8 Å². The summed E-state index contributed by atoms with van der Waals surface area (Å²) in [5.74, 6) is -1.93. The van der Waals surface area contributed by atoms with Gasteiger partial charge in [0.2, 0.25) is 0 Å². The molecular formula is C16H15ClFNO4. The molecule has 0 fully saturated rings. The summed E-state index contributed by atoms with van der Waals surface area (Å²) in [6.07, 6.45) is 0.972. The minimum atomic E-state index is -1.09. The molecule has 1 aromatic carbocycles. The van der Waals surface area contributed by atoms with Crippen molar-refractivity contribution >= 4 is 23.5 Å². The van der Waals surface area contributed by atoms with Gasteiger partial charge in [0.25, 0.3) is 5.91 Å². The van der Waals surface area contributed by atoms with Crippen LogP contribution < -0.4 is 0 Å². The molecule has 1 aromatic heterocycles. The van der Waals surface area contributed by atoms with Crippen LogP contribution in [0.1, 0.15) is 27.2 Å². The van der Waals surface area contributed by atoms with E-state index in [1.165, 1.54) is 23.3 Å². The average Bonchev–Trinajstić information content (AvgIpc) is 2.82. The van der Waals surface area contributed by atoms with Gasteiger partial charge in [-0.25, -0.2) is 4.39 Å². The third-order valence-electron chi connectivity index (χ3n) is 3.33. The second kappa shape index (κ2) is 6.83. The summed E-state index contributed by atoms with van der Waals surface area (Å²) in [5.41, 5.74) is 1.36. The first-order valence-electron chi connectivity index (χ1n) is 6.77. The minimum absolute atomic E-state index is 0.0113. The lowest BCUT2D eigenvalue weighted by molar-refractivity contribution is -0.136. The van der Waals surface area contributed by atoms with Gasteiger partial charge in [0.1, 0.15) is 18.0 Å². The number of hydrogen-bond donors (Lipinski definition) is 1. The molecule has 5 nitrogen and oxygen atoms in total. The van der Waals surface area contributed by atoms with Crippen molar-refractivity contribution in [3.05, 3.63) is 57.8 Å². The highest BCUT2D eigenvalue weighted by molar-refractivity contribution is 6.30. The van der Waals surface area contributed by atoms with Crippen LogP contribution in [0.5, 0.6) is 0 Å². The molecule has 2 rings (SSSR count). The molecule has 0 aliphatic carbocycles. The van der Waals surface area contributed by atoms with E-state index in [9.17, 15) is 14.0 Å². The van der Waals surface area contributed by atoms with Gasteiger partial charge in [-0.05, 0) is 24.6 Å². The van der Waals surface area contributed by atoms with Crippen molar-refractivity contribution in [3.8, 4) is 0 Å². The Bertz CT molecular complexity index is 757. The van der Waals surface area contributed by atoms with E-state index in [2.05, 4.69) is 0 Å². The normalized spacial score (nSPS) is 10.6. The topological polar surface area (TPSA) is 70.7 Å². The van der Waals surface area contributed by atoms with Crippen molar-refractivity contribution in [2.24, 2.45) is 0 Å². The number of carbonyl (C=O) groups excluding carboxylic acids is 1. The number of carboxylic acid groups (broad SMARTS) is 1. The molecule has 0 bridgehead atoms. The Morgan fingerprint density at radius 2 is 2.09 bits per heavy atom. The van der Waals surface area contributed by atoms with Gasteiger partial charge in [-0.1, -0.05) is 17.7 Å². The summed E-state index contributed by atoms with van der Waals surface area (Å²) in [4.78, 5) is 24.7. The lowest BCUT2D eigenvalue weighted by Gasteiger charge is -2.18. The maximum atomic E-state index is 13.5. The number of rotatable bonds is 5. The lowest BCUT2D eigenvalue weighted by Crippen LogP contribution is -2.27. The van der Waals surface area contributed by atoms with Gasteiger partial charge < -0.3 is 14.4 Å². The molecule has 0 atom stereocenters. The summed E-state index contributed by atoms with van der Waals surface area (Å²) in [6.45, 7) is 1.82. The molecule has 122 valence electrons. The Morgan fingerprint density at radius 1 is 1.39 bits per heavy atom. The Kier molecular flexibility index (Phi) is 5.05. The van der Waals surface area contributed by atoms with Gasteiger partial charge in [-0.15, -0.1) is 0 Å². The average molecular weight is 340 g/mol. The zero-order chi connectivity index (χ0) is 17.1. The third kappa shape index (κ3) is 3.90. The van der Waals surface area contributed by atoms with Crippen LogP contribution in [0.4, 0.5) is 4.39 Å². The molecule has 1 N–H and O–H groups in total. The predicted molar refractivity (Wildman–Crippen MR) is 82.0 cm³/mol. The van der Waals surface area contributed by atoms with Crippen molar-refractivity contribution in [1.82, 2.24) is 4.90 Å². The Labute approximate surface area is 137 Å². The van der Waals surface area contributed by atoms with E-state index in [1.54, 1.807) is 20.0 Å². The summed E-state index contributed by atoms with van der Waals surface area (Å²) in [5, 5.41) is 8.88. The van der Waals surface area contributed by atoms with Crippen LogP contribution in [0.15, 0.2) is 28.9 Å². The molecule has 7 heteroatoms. The molecule has 0 aliphatic rings. The maximum absolute atomic E-state index is 13.5. The molecule has 0 aliphatic heterocycles. The first kappa shape index (κ1) is 17.0. The van der Waals surface area contributed by atoms with Gasteiger partial charge >= 0.3 is 5.97 Å². The first-order chi connectivity index (χ1) is 10.8. The van der Waals surface area contributed by atoms with Crippen molar-refractivity contribution in [2.75, 3.05) is 7.05 Å². The second-order valence-electron chi connectivity index (χ2n) is 5.20. The van der Waals surface area contributed by atoms with E-state index in [-0.39, 0.29) is 35.2 Å². The van der Waals surface area contributed by atoms with E-state index in [4.69, 9.17) is 21.1 Å². The number of furan rings is 1. The van der Waals surface area contributed by atoms with E-state index >= 15 is 0 Å². The number of aryl methyl sites for hydroxylation is 1. The molecule has 0 saturated carbocycles. The number of aliphatic carboxylic acids is 1. The van der Waals surface area contributed by atoms with Crippen LogP contribution in [0.2, 0.25) is 5.02 Å². The highest BCUT2D eigenvalue weighted by Crippen LogP contribution is 2.21. The van der Waals surface area contributed by atoms with E-state index in [1.807, 2.05) is 0 Å². The van der Waals surface area contributed by atoms with Gasteiger partial charge in [0.15, 0.2) is 0 Å². The summed E-state index contributed by atoms with van der Waals surface area (Å²) in [7, 11) is 1.55. The molecule has 0 radical (unpaired) electrons. The van der Waals surface area contributed by atoms with Gasteiger partial charge in [-0.2, -0.15) is 0 Å². The highest BCUT2D eigenvalue weighted by atomic mass is 35.5. The number of carbonyl (C=O) groups is 2. The summed E-state index contributed by atoms with van der Waals surface area (Å²) >= 11 is 5.63. The third-order valence-corrected chi connectivity index (χ3v) is 3.63. The Hall–Kier alpha value is -2.34. The first-order valence-corrected chi connectivity index (χ1v) is 7.15. The largest absolute Gasteiger partial charge is 0.481 e. The van der Waals surface area contributed by atoms with Crippen molar-refractivity contribution < 1.29 is 23.5 Å². The number of amides is 1. The second-order valence-corrected chi connectivity index (χ2v) is 5.60. The van der Waals surface area contributed by atoms with Crippen LogP contribution >= 0.6 is 11.6 Å². The fraction of sp³-hybridized carbons (Fsp3) is 0.250. The fourth-order valence-electron chi connectivity index (χ4n) is 2.23. The van der Waals surface area contributed by atoms with E-state index < -0.39 is 11.8 Å². The summed E-state index contributed by atoms with van der Waals surface area (Å²) < 4.78 is 18.6. The van der Waals surface area contributed by atoms with Crippen molar-refractivity contribution in [1.29, 1.82) is 0 Å². The number of carboxylic acids is 1. The SMILES string of the molecule is Cc1coc(CC(=O)O)c1C(=O)N(C)Cc1ccc(Cl)c(F)c1. The fourth-order valence-corrected chi connectivity index (χ4v) is 2.34. The maximum Gasteiger partial charge on any atom is 0.311 e. The highest BCUT2D eigenvalue weighted by Gasteiger charge is 2.23. The molecular weight excluding hydrogens is 325 g/mol. The van der Waals surface area contributed by atoms with Gasteiger partial charge in [-0.3, -0.25) is 9.59 Å². The van der Waals surface area contributed by atoms with Crippen LogP contribution in [-0.4, -0.2) is 28.9 Å². The number of nitrogens with zero attached hydrogens (tertiary/aromatic N) is 1. The predicted octanol–water partition coefficient (Wildman–Crippen LogP) is 3.28. The monoisotopic (exact) mass is 339 g/mol. The number of benzene rings is 1. The number of halogens is 2.